The number of rotatable bonds is 6. The normalized spacial score (nSPS) is 25.2. The van der Waals surface area contributed by atoms with Gasteiger partial charge in [0, 0.05) is 6.04 Å². The number of hydrazine groups is 1. The molecule has 3 rings (SSSR count). The molecule has 2 aliphatic rings. The average Bonchev–Trinajstić information content (AvgIpc) is 3.14. The monoisotopic (exact) mass is 412 g/mol. The van der Waals surface area contributed by atoms with Crippen molar-refractivity contribution in [1.29, 1.82) is 0 Å². The second-order valence-electron chi connectivity index (χ2n) is 7.33. The fraction of sp³-hybridized carbons (Fsp3) is 0.688. The van der Waals surface area contributed by atoms with Crippen molar-refractivity contribution in [3.63, 3.8) is 0 Å². The van der Waals surface area contributed by atoms with Crippen LogP contribution in [0, 0.1) is 5.92 Å². The Morgan fingerprint density at radius 2 is 2.07 bits per heavy atom. The first-order valence-electron chi connectivity index (χ1n) is 8.98. The number of amides is 4. The summed E-state index contributed by atoms with van der Waals surface area (Å²) in [7, 11) is 0. The lowest BCUT2D eigenvalue weighted by atomic mass is 9.77. The molecule has 0 atom stereocenters. The molecule has 1 aliphatic carbocycles. The Balaban J connectivity index is 1.52. The van der Waals surface area contributed by atoms with Crippen LogP contribution >= 0.6 is 23.1 Å². The molecule has 0 unspecified atom stereocenters. The van der Waals surface area contributed by atoms with E-state index in [1.807, 2.05) is 13.8 Å². The van der Waals surface area contributed by atoms with Gasteiger partial charge in [-0.25, -0.2) is 4.79 Å². The molecule has 0 radical (unpaired) electrons. The van der Waals surface area contributed by atoms with Crippen molar-refractivity contribution in [1.82, 2.24) is 25.9 Å². The standard InChI is InChI=1S/C16H24N6O3S2/c1-9(2)17-13-19-20-15(27-13)26-8-11(23)21-22-12(24)16(18-14(22)25)6-4-10(3)5-7-16/h9-10H,4-8H2,1-3H3,(H,17,19)(H,18,25)(H,21,23). The number of imide groups is 1. The Kier molecular flexibility index (Phi) is 5.89. The third kappa shape index (κ3) is 4.52. The first-order chi connectivity index (χ1) is 12.8. The number of hydrogen-bond acceptors (Lipinski definition) is 8. The zero-order chi connectivity index (χ0) is 19.6. The van der Waals surface area contributed by atoms with E-state index in [2.05, 4.69) is 33.2 Å². The number of urea groups is 1. The number of nitrogens with one attached hydrogen (secondary N) is 3. The first-order valence-corrected chi connectivity index (χ1v) is 10.8. The van der Waals surface area contributed by atoms with Gasteiger partial charge in [0.25, 0.3) is 5.91 Å². The second-order valence-corrected chi connectivity index (χ2v) is 9.53. The van der Waals surface area contributed by atoms with Gasteiger partial charge >= 0.3 is 6.03 Å². The van der Waals surface area contributed by atoms with E-state index in [1.54, 1.807) is 0 Å². The molecule has 0 bridgehead atoms. The molecule has 4 amide bonds. The van der Waals surface area contributed by atoms with Crippen LogP contribution in [0.3, 0.4) is 0 Å². The van der Waals surface area contributed by atoms with E-state index in [0.717, 1.165) is 17.9 Å². The topological polar surface area (TPSA) is 116 Å². The van der Waals surface area contributed by atoms with Gasteiger partial charge < -0.3 is 10.6 Å². The highest BCUT2D eigenvalue weighted by atomic mass is 32.2. The van der Waals surface area contributed by atoms with Gasteiger partial charge in [-0.15, -0.1) is 10.2 Å². The summed E-state index contributed by atoms with van der Waals surface area (Å²) >= 11 is 2.57. The van der Waals surface area contributed by atoms with Gasteiger partial charge in [0.1, 0.15) is 5.54 Å². The minimum Gasteiger partial charge on any atom is -0.358 e. The summed E-state index contributed by atoms with van der Waals surface area (Å²) in [6.07, 6.45) is 2.98. The Morgan fingerprint density at radius 3 is 2.74 bits per heavy atom. The lowest BCUT2D eigenvalue weighted by Crippen LogP contribution is -2.51. The van der Waals surface area contributed by atoms with Crippen molar-refractivity contribution in [3.05, 3.63) is 0 Å². The fourth-order valence-corrected chi connectivity index (χ4v) is 4.86. The van der Waals surface area contributed by atoms with Crippen LogP contribution in [-0.2, 0) is 9.59 Å². The highest BCUT2D eigenvalue weighted by molar-refractivity contribution is 8.01. The molecule has 3 N–H and O–H groups in total. The van der Waals surface area contributed by atoms with Gasteiger partial charge in [-0.3, -0.25) is 15.0 Å². The summed E-state index contributed by atoms with van der Waals surface area (Å²) in [5.41, 5.74) is 1.56. The highest BCUT2D eigenvalue weighted by Gasteiger charge is 2.52. The molecule has 1 aromatic heterocycles. The van der Waals surface area contributed by atoms with Crippen LogP contribution in [0.5, 0.6) is 0 Å². The minimum absolute atomic E-state index is 0.0391. The van der Waals surface area contributed by atoms with E-state index in [4.69, 9.17) is 0 Å². The van der Waals surface area contributed by atoms with Crippen LogP contribution in [-0.4, -0.2) is 50.4 Å². The van der Waals surface area contributed by atoms with Gasteiger partial charge in [0.15, 0.2) is 4.34 Å². The van der Waals surface area contributed by atoms with E-state index in [9.17, 15) is 14.4 Å². The number of thioether (sulfide) groups is 1. The van der Waals surface area contributed by atoms with Crippen molar-refractivity contribution in [2.75, 3.05) is 11.1 Å². The maximum atomic E-state index is 12.7. The third-order valence-electron chi connectivity index (χ3n) is 4.67. The zero-order valence-corrected chi connectivity index (χ0v) is 17.2. The van der Waals surface area contributed by atoms with Crippen LogP contribution < -0.4 is 16.1 Å². The Hall–Kier alpha value is -1.88. The van der Waals surface area contributed by atoms with Gasteiger partial charge in [0.05, 0.1) is 5.75 Å². The van der Waals surface area contributed by atoms with Gasteiger partial charge in [-0.05, 0) is 45.4 Å². The van der Waals surface area contributed by atoms with E-state index in [1.165, 1.54) is 23.1 Å². The van der Waals surface area contributed by atoms with Crippen LogP contribution in [0.4, 0.5) is 9.93 Å². The minimum atomic E-state index is -0.860. The molecule has 1 saturated carbocycles. The molecular formula is C16H24N6O3S2. The number of carbonyl (C=O) groups excluding carboxylic acids is 3. The number of aromatic nitrogens is 2. The molecule has 1 saturated heterocycles. The quantitative estimate of drug-likeness (QED) is 0.483. The summed E-state index contributed by atoms with van der Waals surface area (Å²) in [6.45, 7) is 6.14. The molecule has 1 aliphatic heterocycles. The molecule has 148 valence electrons. The summed E-state index contributed by atoms with van der Waals surface area (Å²) in [5.74, 6) is -0.213. The Bertz CT molecular complexity index is 729. The molecular weight excluding hydrogens is 388 g/mol. The molecule has 0 aromatic carbocycles. The van der Waals surface area contributed by atoms with Crippen molar-refractivity contribution >= 4 is 46.1 Å². The van der Waals surface area contributed by atoms with Crippen molar-refractivity contribution < 1.29 is 14.4 Å². The number of anilines is 1. The molecule has 11 heteroatoms. The smallest absolute Gasteiger partial charge is 0.344 e. The van der Waals surface area contributed by atoms with E-state index < -0.39 is 17.5 Å². The van der Waals surface area contributed by atoms with Crippen molar-refractivity contribution in [2.45, 2.75) is 62.4 Å². The summed E-state index contributed by atoms with van der Waals surface area (Å²) in [4.78, 5) is 37.1. The first kappa shape index (κ1) is 19.9. The lowest BCUT2D eigenvalue weighted by molar-refractivity contribution is -0.139. The number of carbonyl (C=O) groups is 3. The van der Waals surface area contributed by atoms with E-state index >= 15 is 0 Å². The largest absolute Gasteiger partial charge is 0.358 e. The zero-order valence-electron chi connectivity index (χ0n) is 15.6. The average molecular weight is 413 g/mol. The molecule has 1 aromatic rings. The predicted molar refractivity (Wildman–Crippen MR) is 103 cm³/mol. The molecule has 2 heterocycles. The Morgan fingerprint density at radius 1 is 1.37 bits per heavy atom. The van der Waals surface area contributed by atoms with Crippen molar-refractivity contribution in [2.24, 2.45) is 5.92 Å². The van der Waals surface area contributed by atoms with Gasteiger partial charge in [-0.1, -0.05) is 30.0 Å². The molecule has 1 spiro atoms. The van der Waals surface area contributed by atoms with E-state index in [0.29, 0.717) is 28.2 Å². The van der Waals surface area contributed by atoms with Gasteiger partial charge in [0.2, 0.25) is 11.0 Å². The van der Waals surface area contributed by atoms with E-state index in [-0.39, 0.29) is 17.7 Å². The summed E-state index contributed by atoms with van der Waals surface area (Å²) in [5, 5.41) is 15.4. The number of nitrogens with zero attached hydrogens (tertiary/aromatic N) is 3. The summed E-state index contributed by atoms with van der Waals surface area (Å²) in [6, 6.07) is -0.318. The lowest BCUT2D eigenvalue weighted by Gasteiger charge is -2.33. The Labute approximate surface area is 166 Å². The van der Waals surface area contributed by atoms with Crippen molar-refractivity contribution in [3.8, 4) is 0 Å². The third-order valence-corrected chi connectivity index (χ3v) is 6.66. The predicted octanol–water partition coefficient (Wildman–Crippen LogP) is 1.98. The number of hydrogen-bond donors (Lipinski definition) is 3. The van der Waals surface area contributed by atoms with Crippen LogP contribution in [0.1, 0.15) is 46.5 Å². The van der Waals surface area contributed by atoms with Gasteiger partial charge in [-0.2, -0.15) is 5.01 Å². The van der Waals surface area contributed by atoms with Crippen LogP contribution in [0.25, 0.3) is 0 Å². The fourth-order valence-electron chi connectivity index (χ4n) is 3.17. The highest BCUT2D eigenvalue weighted by Crippen LogP contribution is 2.35. The molecule has 27 heavy (non-hydrogen) atoms. The SMILES string of the molecule is CC1CCC2(CC1)NC(=O)N(NC(=O)CSc1nnc(NC(C)C)s1)C2=O. The maximum absolute atomic E-state index is 12.7. The van der Waals surface area contributed by atoms with Crippen LogP contribution in [0.15, 0.2) is 4.34 Å². The molecule has 2 fully saturated rings. The van der Waals surface area contributed by atoms with Crippen LogP contribution in [0.2, 0.25) is 0 Å². The summed E-state index contributed by atoms with van der Waals surface area (Å²) < 4.78 is 0.642. The second kappa shape index (κ2) is 8.01. The molecule has 9 nitrogen and oxygen atoms in total. The maximum Gasteiger partial charge on any atom is 0.344 e.